The van der Waals surface area contributed by atoms with Gasteiger partial charge in [-0.05, 0) is 37.2 Å². The molecule has 0 nitrogen and oxygen atoms in total. The average molecular weight is 160 g/mol. The first-order valence-electron chi connectivity index (χ1n) is 3.69. The molecule has 0 amide bonds. The molecule has 9 heavy (non-hydrogen) atoms. The van der Waals surface area contributed by atoms with Crippen LogP contribution in [-0.2, 0) is 0 Å². The highest BCUT2D eigenvalue weighted by Crippen LogP contribution is 2.54. The maximum Gasteiger partial charge on any atom is 0.0611 e. The molecule has 1 saturated carbocycles. The molecule has 2 heteroatoms. The molecule has 1 aliphatic heterocycles. The summed E-state index contributed by atoms with van der Waals surface area (Å²) in [5.74, 6) is 2.85. The Hall–Kier alpha value is 0.700. The molecular formula is C7H12S2. The quantitative estimate of drug-likeness (QED) is 0.534. The van der Waals surface area contributed by atoms with Crippen molar-refractivity contribution in [3.63, 3.8) is 0 Å². The molecule has 1 saturated heterocycles. The fourth-order valence-corrected chi connectivity index (χ4v) is 4.86. The molecule has 0 radical (unpaired) electrons. The Kier molecular flexibility index (Phi) is 1.70. The zero-order valence-electron chi connectivity index (χ0n) is 5.56. The summed E-state index contributed by atoms with van der Waals surface area (Å²) in [6, 6.07) is 0. The summed E-state index contributed by atoms with van der Waals surface area (Å²) >= 11 is 4.43. The Morgan fingerprint density at radius 3 is 1.89 bits per heavy atom. The van der Waals surface area contributed by atoms with Gasteiger partial charge >= 0.3 is 0 Å². The zero-order chi connectivity index (χ0) is 6.16. The van der Waals surface area contributed by atoms with Crippen molar-refractivity contribution in [3.05, 3.63) is 0 Å². The lowest BCUT2D eigenvalue weighted by Gasteiger charge is -2.43. The predicted octanol–water partition coefficient (Wildman–Crippen LogP) is 2.74. The van der Waals surface area contributed by atoms with Crippen molar-refractivity contribution in [1.29, 1.82) is 0 Å². The largest absolute Gasteiger partial charge is 0.144 e. The summed E-state index contributed by atoms with van der Waals surface area (Å²) < 4.78 is 0.734. The van der Waals surface area contributed by atoms with E-state index in [0.717, 1.165) is 4.08 Å². The molecular weight excluding hydrogens is 148 g/mol. The topological polar surface area (TPSA) is 0 Å². The number of rotatable bonds is 0. The fraction of sp³-hybridized carbons (Fsp3) is 1.00. The van der Waals surface area contributed by atoms with E-state index in [0.29, 0.717) is 0 Å². The van der Waals surface area contributed by atoms with Crippen molar-refractivity contribution in [2.45, 2.75) is 29.8 Å². The van der Waals surface area contributed by atoms with Crippen molar-refractivity contribution in [2.75, 3.05) is 11.5 Å². The Morgan fingerprint density at radius 2 is 1.56 bits per heavy atom. The lowest BCUT2D eigenvalue weighted by atomic mass is 9.99. The Balaban J connectivity index is 1.93. The van der Waals surface area contributed by atoms with Gasteiger partial charge in [0, 0.05) is 0 Å². The molecule has 2 aliphatic rings. The molecule has 1 aliphatic carbocycles. The molecule has 0 aromatic rings. The van der Waals surface area contributed by atoms with Crippen molar-refractivity contribution in [1.82, 2.24) is 0 Å². The van der Waals surface area contributed by atoms with E-state index in [1.807, 2.05) is 0 Å². The molecule has 0 aromatic carbocycles. The minimum Gasteiger partial charge on any atom is -0.144 e. The highest BCUT2D eigenvalue weighted by atomic mass is 32.2. The lowest BCUT2D eigenvalue weighted by molar-refractivity contribution is 0.482. The molecule has 52 valence electrons. The molecule has 0 bridgehead atoms. The summed E-state index contributed by atoms with van der Waals surface area (Å²) in [5, 5.41) is 0. The van der Waals surface area contributed by atoms with Gasteiger partial charge in [0.2, 0.25) is 0 Å². The number of thioether (sulfide) groups is 2. The van der Waals surface area contributed by atoms with Crippen molar-refractivity contribution in [3.8, 4) is 0 Å². The molecule has 0 N–H and O–H groups in total. The minimum atomic E-state index is 0.734. The van der Waals surface area contributed by atoms with Crippen LogP contribution in [0.1, 0.15) is 25.7 Å². The summed E-state index contributed by atoms with van der Waals surface area (Å²) in [4.78, 5) is 0. The van der Waals surface area contributed by atoms with Crippen LogP contribution in [0.15, 0.2) is 0 Å². The minimum absolute atomic E-state index is 0.734. The standard InChI is InChI=1S/C7H12S2/c1-3-7(4-1)8-5-2-6-9-7/h1-6H2. The molecule has 0 atom stereocenters. The van der Waals surface area contributed by atoms with Gasteiger partial charge in [-0.2, -0.15) is 0 Å². The van der Waals surface area contributed by atoms with Crippen LogP contribution in [-0.4, -0.2) is 15.6 Å². The normalized spacial score (nSPS) is 32.0. The van der Waals surface area contributed by atoms with Gasteiger partial charge in [-0.25, -0.2) is 0 Å². The lowest BCUT2D eigenvalue weighted by Crippen LogP contribution is -2.32. The van der Waals surface area contributed by atoms with Gasteiger partial charge < -0.3 is 0 Å². The monoisotopic (exact) mass is 160 g/mol. The maximum atomic E-state index is 2.22. The van der Waals surface area contributed by atoms with E-state index in [1.54, 1.807) is 0 Å². The molecule has 2 rings (SSSR count). The van der Waals surface area contributed by atoms with Gasteiger partial charge in [-0.1, -0.05) is 0 Å². The smallest absolute Gasteiger partial charge is 0.0611 e. The van der Waals surface area contributed by atoms with Gasteiger partial charge in [-0.15, -0.1) is 23.5 Å². The van der Waals surface area contributed by atoms with E-state index in [4.69, 9.17) is 0 Å². The van der Waals surface area contributed by atoms with Crippen LogP contribution in [0.2, 0.25) is 0 Å². The Morgan fingerprint density at radius 1 is 0.889 bits per heavy atom. The molecule has 0 aromatic heterocycles. The Labute approximate surface area is 65.2 Å². The second-order valence-corrected chi connectivity index (χ2v) is 6.03. The van der Waals surface area contributed by atoms with E-state index >= 15 is 0 Å². The number of hydrogen-bond acceptors (Lipinski definition) is 2. The third-order valence-corrected chi connectivity index (χ3v) is 5.70. The third-order valence-electron chi connectivity index (χ3n) is 2.13. The van der Waals surface area contributed by atoms with Crippen molar-refractivity contribution >= 4 is 23.5 Å². The van der Waals surface area contributed by atoms with Crippen LogP contribution in [0.25, 0.3) is 0 Å². The van der Waals surface area contributed by atoms with E-state index in [-0.39, 0.29) is 0 Å². The number of hydrogen-bond donors (Lipinski definition) is 0. The summed E-state index contributed by atoms with van der Waals surface area (Å²) in [5.41, 5.74) is 0. The first-order chi connectivity index (χ1) is 4.41. The molecule has 0 unspecified atom stereocenters. The van der Waals surface area contributed by atoms with Gasteiger partial charge in [-0.3, -0.25) is 0 Å². The highest BCUT2D eigenvalue weighted by molar-refractivity contribution is 8.18. The molecule has 1 spiro atoms. The van der Waals surface area contributed by atoms with Crippen molar-refractivity contribution < 1.29 is 0 Å². The summed E-state index contributed by atoms with van der Waals surface area (Å²) in [6.45, 7) is 0. The Bertz CT molecular complexity index is 99.5. The SMILES string of the molecule is C1CSC2(CCC2)SC1. The van der Waals surface area contributed by atoms with E-state index in [9.17, 15) is 0 Å². The maximum absolute atomic E-state index is 2.22. The average Bonchev–Trinajstić information content (AvgIpc) is 1.87. The van der Waals surface area contributed by atoms with Gasteiger partial charge in [0.05, 0.1) is 4.08 Å². The second kappa shape index (κ2) is 2.39. The van der Waals surface area contributed by atoms with Crippen LogP contribution in [0, 0.1) is 0 Å². The van der Waals surface area contributed by atoms with E-state index < -0.39 is 0 Å². The van der Waals surface area contributed by atoms with Crippen LogP contribution in [0.4, 0.5) is 0 Å². The van der Waals surface area contributed by atoms with Crippen molar-refractivity contribution in [2.24, 2.45) is 0 Å². The van der Waals surface area contributed by atoms with Crippen LogP contribution in [0.3, 0.4) is 0 Å². The van der Waals surface area contributed by atoms with E-state index in [1.165, 1.54) is 37.2 Å². The molecule has 1 heterocycles. The first kappa shape index (κ1) is 6.41. The zero-order valence-corrected chi connectivity index (χ0v) is 7.19. The van der Waals surface area contributed by atoms with Crippen LogP contribution >= 0.6 is 23.5 Å². The van der Waals surface area contributed by atoms with E-state index in [2.05, 4.69) is 23.5 Å². The third kappa shape index (κ3) is 1.12. The summed E-state index contributed by atoms with van der Waals surface area (Å²) in [6.07, 6.45) is 5.90. The van der Waals surface area contributed by atoms with Gasteiger partial charge in [0.25, 0.3) is 0 Å². The second-order valence-electron chi connectivity index (χ2n) is 2.81. The predicted molar refractivity (Wildman–Crippen MR) is 46.1 cm³/mol. The molecule has 2 fully saturated rings. The van der Waals surface area contributed by atoms with Gasteiger partial charge in [0.15, 0.2) is 0 Å². The van der Waals surface area contributed by atoms with Gasteiger partial charge in [0.1, 0.15) is 0 Å². The highest BCUT2D eigenvalue weighted by Gasteiger charge is 2.39. The first-order valence-corrected chi connectivity index (χ1v) is 5.66. The van der Waals surface area contributed by atoms with Crippen LogP contribution < -0.4 is 0 Å². The van der Waals surface area contributed by atoms with Crippen LogP contribution in [0.5, 0.6) is 0 Å². The summed E-state index contributed by atoms with van der Waals surface area (Å²) in [7, 11) is 0. The fourth-order valence-electron chi connectivity index (χ4n) is 1.37.